The van der Waals surface area contributed by atoms with Gasteiger partial charge in [-0.15, -0.1) is 12.6 Å². The molecule has 0 aliphatic rings. The van der Waals surface area contributed by atoms with Crippen molar-refractivity contribution >= 4 is 29.2 Å². The molecule has 3 aromatic carbocycles. The number of carbonyl (C=O) groups excluding carboxylic acids is 1. The van der Waals surface area contributed by atoms with E-state index in [2.05, 4.69) is 12.6 Å². The van der Waals surface area contributed by atoms with E-state index in [-0.39, 0.29) is 5.78 Å². The van der Waals surface area contributed by atoms with Gasteiger partial charge in [0, 0.05) is 16.0 Å². The predicted octanol–water partition coefficient (Wildman–Crippen LogP) is 4.67. The summed E-state index contributed by atoms with van der Waals surface area (Å²) in [5.74, 6) is 0.0202. The van der Waals surface area contributed by atoms with Crippen LogP contribution < -0.4 is 0 Å². The first-order valence-corrected chi connectivity index (χ1v) is 6.93. The fourth-order valence-corrected chi connectivity index (χ4v) is 2.78. The van der Waals surface area contributed by atoms with Gasteiger partial charge in [0.05, 0.1) is 0 Å². The van der Waals surface area contributed by atoms with E-state index >= 15 is 0 Å². The minimum Gasteiger partial charge on any atom is -0.289 e. The molecule has 3 rings (SSSR count). The normalized spacial score (nSPS) is 10.7. The van der Waals surface area contributed by atoms with Gasteiger partial charge in [0.25, 0.3) is 0 Å². The lowest BCUT2D eigenvalue weighted by Gasteiger charge is -2.08. The zero-order valence-electron chi connectivity index (χ0n) is 11.1. The van der Waals surface area contributed by atoms with Crippen LogP contribution in [-0.4, -0.2) is 5.78 Å². The first kappa shape index (κ1) is 12.9. The average Bonchev–Trinajstić information content (AvgIpc) is 2.46. The monoisotopic (exact) mass is 278 g/mol. The second-order valence-electron chi connectivity index (χ2n) is 4.88. The van der Waals surface area contributed by atoms with Crippen molar-refractivity contribution in [3.63, 3.8) is 0 Å². The summed E-state index contributed by atoms with van der Waals surface area (Å²) in [5.41, 5.74) is 2.47. The maximum absolute atomic E-state index is 12.7. The molecule has 0 spiro atoms. The first-order chi connectivity index (χ1) is 9.66. The Morgan fingerprint density at radius 1 is 0.900 bits per heavy atom. The summed E-state index contributed by atoms with van der Waals surface area (Å²) in [5, 5.41) is 2.06. The Kier molecular flexibility index (Phi) is 3.33. The van der Waals surface area contributed by atoms with Crippen LogP contribution in [0.4, 0.5) is 0 Å². The number of ketones is 1. The predicted molar refractivity (Wildman–Crippen MR) is 85.8 cm³/mol. The maximum Gasteiger partial charge on any atom is 0.194 e. The third kappa shape index (κ3) is 2.23. The minimum atomic E-state index is 0.0202. The van der Waals surface area contributed by atoms with Crippen molar-refractivity contribution in [3.8, 4) is 0 Å². The van der Waals surface area contributed by atoms with E-state index in [1.165, 1.54) is 0 Å². The van der Waals surface area contributed by atoms with Crippen LogP contribution in [0.2, 0.25) is 0 Å². The van der Waals surface area contributed by atoms with Crippen molar-refractivity contribution in [2.45, 2.75) is 11.8 Å². The fraction of sp³-hybridized carbons (Fsp3) is 0.0556. The maximum atomic E-state index is 12.7. The van der Waals surface area contributed by atoms with Gasteiger partial charge in [-0.2, -0.15) is 0 Å². The lowest BCUT2D eigenvalue weighted by molar-refractivity contribution is 0.103. The summed E-state index contributed by atoms with van der Waals surface area (Å²) in [7, 11) is 0. The molecule has 1 nitrogen and oxygen atoms in total. The molecule has 3 aromatic rings. The van der Waals surface area contributed by atoms with E-state index in [1.54, 1.807) is 0 Å². The van der Waals surface area contributed by atoms with Gasteiger partial charge in [-0.05, 0) is 35.4 Å². The zero-order valence-corrected chi connectivity index (χ0v) is 12.0. The van der Waals surface area contributed by atoms with E-state index in [9.17, 15) is 4.79 Å². The Hall–Kier alpha value is -2.06. The molecule has 0 bridgehead atoms. The van der Waals surface area contributed by atoms with Crippen LogP contribution in [0.1, 0.15) is 21.5 Å². The highest BCUT2D eigenvalue weighted by atomic mass is 32.1. The molecule has 98 valence electrons. The molecule has 0 radical (unpaired) electrons. The SMILES string of the molecule is Cc1ccc(C(=O)c2cccc3ccccc23)c(S)c1. The summed E-state index contributed by atoms with van der Waals surface area (Å²) in [6.45, 7) is 1.99. The van der Waals surface area contributed by atoms with Crippen LogP contribution in [0, 0.1) is 6.92 Å². The second-order valence-corrected chi connectivity index (χ2v) is 5.36. The molecule has 0 atom stereocenters. The fourth-order valence-electron chi connectivity index (χ4n) is 2.40. The molecule has 0 unspecified atom stereocenters. The molecular formula is C18H14OS. The average molecular weight is 278 g/mol. The van der Waals surface area contributed by atoms with Gasteiger partial charge in [-0.3, -0.25) is 4.79 Å². The van der Waals surface area contributed by atoms with Crippen LogP contribution in [0.5, 0.6) is 0 Å². The van der Waals surface area contributed by atoms with Gasteiger partial charge < -0.3 is 0 Å². The van der Waals surface area contributed by atoms with Crippen LogP contribution in [0.3, 0.4) is 0 Å². The Morgan fingerprint density at radius 3 is 2.45 bits per heavy atom. The molecule has 0 saturated carbocycles. The number of rotatable bonds is 2. The van der Waals surface area contributed by atoms with Crippen LogP contribution in [0.25, 0.3) is 10.8 Å². The first-order valence-electron chi connectivity index (χ1n) is 6.49. The van der Waals surface area contributed by atoms with Crippen molar-refractivity contribution in [2.75, 3.05) is 0 Å². The van der Waals surface area contributed by atoms with Crippen LogP contribution >= 0.6 is 12.6 Å². The quantitative estimate of drug-likeness (QED) is 0.532. The molecule has 0 N–H and O–H groups in total. The summed E-state index contributed by atoms with van der Waals surface area (Å²) in [6.07, 6.45) is 0. The highest BCUT2D eigenvalue weighted by Gasteiger charge is 2.14. The number of benzene rings is 3. The number of thiol groups is 1. The molecule has 0 fully saturated rings. The third-order valence-corrected chi connectivity index (χ3v) is 3.80. The molecule has 20 heavy (non-hydrogen) atoms. The molecule has 0 amide bonds. The zero-order chi connectivity index (χ0) is 14.1. The standard InChI is InChI=1S/C18H14OS/c1-12-9-10-16(17(20)11-12)18(19)15-8-4-6-13-5-2-3-7-14(13)15/h2-11,20H,1H3. The lowest BCUT2D eigenvalue weighted by atomic mass is 9.97. The molecule has 0 aliphatic heterocycles. The van der Waals surface area contributed by atoms with E-state index in [0.29, 0.717) is 5.56 Å². The van der Waals surface area contributed by atoms with Gasteiger partial charge in [-0.1, -0.05) is 48.5 Å². The highest BCUT2D eigenvalue weighted by Crippen LogP contribution is 2.24. The summed E-state index contributed by atoms with van der Waals surface area (Å²) < 4.78 is 0. The molecule has 2 heteroatoms. The molecule has 0 saturated heterocycles. The number of hydrogen-bond donors (Lipinski definition) is 1. The largest absolute Gasteiger partial charge is 0.289 e. The van der Waals surface area contributed by atoms with Crippen molar-refractivity contribution in [1.29, 1.82) is 0 Å². The van der Waals surface area contributed by atoms with E-state index in [1.807, 2.05) is 67.6 Å². The van der Waals surface area contributed by atoms with Crippen molar-refractivity contribution in [2.24, 2.45) is 0 Å². The van der Waals surface area contributed by atoms with Gasteiger partial charge in [-0.25, -0.2) is 0 Å². The number of fused-ring (bicyclic) bond motifs is 1. The van der Waals surface area contributed by atoms with Gasteiger partial charge >= 0.3 is 0 Å². The second kappa shape index (κ2) is 5.14. The summed E-state index contributed by atoms with van der Waals surface area (Å²) in [4.78, 5) is 13.5. The van der Waals surface area contributed by atoms with E-state index < -0.39 is 0 Å². The number of carbonyl (C=O) groups is 1. The highest BCUT2D eigenvalue weighted by molar-refractivity contribution is 7.80. The topological polar surface area (TPSA) is 17.1 Å². The summed E-state index contributed by atoms with van der Waals surface area (Å²) >= 11 is 4.43. The minimum absolute atomic E-state index is 0.0202. The Morgan fingerprint density at radius 2 is 1.65 bits per heavy atom. The molecule has 0 heterocycles. The Labute approximate surface area is 123 Å². The van der Waals surface area contributed by atoms with Crippen molar-refractivity contribution < 1.29 is 4.79 Å². The van der Waals surface area contributed by atoms with Gasteiger partial charge in [0.1, 0.15) is 0 Å². The lowest BCUT2D eigenvalue weighted by Crippen LogP contribution is -2.03. The third-order valence-electron chi connectivity index (χ3n) is 3.43. The van der Waals surface area contributed by atoms with E-state index in [4.69, 9.17) is 0 Å². The summed E-state index contributed by atoms with van der Waals surface area (Å²) in [6, 6.07) is 19.4. The number of aryl methyl sites for hydroxylation is 1. The molecule has 0 aromatic heterocycles. The Balaban J connectivity index is 2.18. The van der Waals surface area contributed by atoms with Crippen LogP contribution in [-0.2, 0) is 0 Å². The van der Waals surface area contributed by atoms with E-state index in [0.717, 1.165) is 26.8 Å². The molecular weight excluding hydrogens is 264 g/mol. The van der Waals surface area contributed by atoms with Gasteiger partial charge in [0.15, 0.2) is 5.78 Å². The van der Waals surface area contributed by atoms with Crippen LogP contribution in [0.15, 0.2) is 65.6 Å². The smallest absolute Gasteiger partial charge is 0.194 e. The Bertz CT molecular complexity index is 800. The number of hydrogen-bond acceptors (Lipinski definition) is 2. The molecule has 0 aliphatic carbocycles. The van der Waals surface area contributed by atoms with Crippen molar-refractivity contribution in [1.82, 2.24) is 0 Å². The van der Waals surface area contributed by atoms with Gasteiger partial charge in [0.2, 0.25) is 0 Å². The van der Waals surface area contributed by atoms with Crippen molar-refractivity contribution in [3.05, 3.63) is 77.4 Å².